The molecule has 4 rings (SSSR count). The number of benzene rings is 1. The molecule has 7 heteroatoms. The van der Waals surface area contributed by atoms with Crippen LogP contribution in [-0.2, 0) is 0 Å². The van der Waals surface area contributed by atoms with Gasteiger partial charge in [-0.25, -0.2) is 13.8 Å². The van der Waals surface area contributed by atoms with Crippen LogP contribution >= 0.6 is 0 Å². The first-order valence-electron chi connectivity index (χ1n) is 9.73. The first kappa shape index (κ1) is 20.5. The van der Waals surface area contributed by atoms with Crippen molar-refractivity contribution in [1.82, 2.24) is 15.0 Å². The van der Waals surface area contributed by atoms with Gasteiger partial charge in [-0.2, -0.15) is 0 Å². The van der Waals surface area contributed by atoms with E-state index in [2.05, 4.69) is 15.0 Å². The fraction of sp³-hybridized carbons (Fsp3) is 0.167. The lowest BCUT2D eigenvalue weighted by Gasteiger charge is -2.13. The Morgan fingerprint density at radius 3 is 2.52 bits per heavy atom. The van der Waals surface area contributed by atoms with E-state index in [9.17, 15) is 13.6 Å². The zero-order valence-corrected chi connectivity index (χ0v) is 17.0. The lowest BCUT2D eigenvalue weighted by molar-refractivity contribution is 0.0975. The largest absolute Gasteiger partial charge is 0.445 e. The molecule has 0 amide bonds. The third-order valence-corrected chi connectivity index (χ3v) is 4.94. The molecule has 156 valence electrons. The number of ketones is 1. The molecular weight excluding hydrogens is 400 g/mol. The van der Waals surface area contributed by atoms with Crippen LogP contribution in [0.15, 0.2) is 65.7 Å². The predicted molar refractivity (Wildman–Crippen MR) is 111 cm³/mol. The van der Waals surface area contributed by atoms with Gasteiger partial charge < -0.3 is 4.42 Å². The van der Waals surface area contributed by atoms with Gasteiger partial charge in [0.25, 0.3) is 0 Å². The number of pyridine rings is 2. The molecule has 1 aromatic carbocycles. The molecule has 0 aliphatic heterocycles. The number of nitrogens with zero attached hydrogens (tertiary/aromatic N) is 3. The van der Waals surface area contributed by atoms with Gasteiger partial charge in [0.15, 0.2) is 5.78 Å². The van der Waals surface area contributed by atoms with Crippen LogP contribution in [-0.4, -0.2) is 20.7 Å². The second-order valence-electron chi connectivity index (χ2n) is 7.41. The highest BCUT2D eigenvalue weighted by molar-refractivity contribution is 5.98. The van der Waals surface area contributed by atoms with Crippen LogP contribution in [0.4, 0.5) is 8.78 Å². The maximum Gasteiger partial charge on any atom is 0.225 e. The zero-order chi connectivity index (χ0) is 22.0. The van der Waals surface area contributed by atoms with Crippen molar-refractivity contribution in [3.63, 3.8) is 0 Å². The summed E-state index contributed by atoms with van der Waals surface area (Å²) < 4.78 is 32.6. The highest BCUT2D eigenvalue weighted by Gasteiger charge is 2.20. The highest BCUT2D eigenvalue weighted by Crippen LogP contribution is 2.29. The van der Waals surface area contributed by atoms with E-state index in [0.29, 0.717) is 22.7 Å². The third-order valence-electron chi connectivity index (χ3n) is 4.94. The lowest BCUT2D eigenvalue weighted by atomic mass is 9.93. The summed E-state index contributed by atoms with van der Waals surface area (Å²) in [6, 6.07) is 9.87. The van der Waals surface area contributed by atoms with Crippen molar-refractivity contribution in [2.24, 2.45) is 0 Å². The van der Waals surface area contributed by atoms with E-state index >= 15 is 0 Å². The number of oxazole rings is 1. The van der Waals surface area contributed by atoms with Crippen molar-refractivity contribution < 1.29 is 18.0 Å². The van der Waals surface area contributed by atoms with Gasteiger partial charge in [-0.05, 0) is 36.8 Å². The van der Waals surface area contributed by atoms with Crippen molar-refractivity contribution in [3.8, 4) is 22.7 Å². The molecule has 3 heterocycles. The molecule has 0 unspecified atom stereocenters. The SMILES string of the molecule is Cc1ccc(-c2cc(C(=O)C[C@H](C)c3ncc(F)cc3F)cc(-c3ncco3)c2)nc1. The molecular formula is C24H19F2N3O2. The van der Waals surface area contributed by atoms with E-state index in [0.717, 1.165) is 23.4 Å². The number of Topliss-reactive ketones (excluding diaryl/α,β-unsaturated/α-hetero) is 1. The summed E-state index contributed by atoms with van der Waals surface area (Å²) in [6.45, 7) is 3.63. The average Bonchev–Trinajstić information content (AvgIpc) is 3.29. The van der Waals surface area contributed by atoms with E-state index in [1.54, 1.807) is 25.3 Å². The minimum atomic E-state index is -0.765. The number of carbonyl (C=O) groups is 1. The van der Waals surface area contributed by atoms with Gasteiger partial charge in [-0.15, -0.1) is 0 Å². The first-order chi connectivity index (χ1) is 14.9. The van der Waals surface area contributed by atoms with Crippen molar-refractivity contribution in [2.45, 2.75) is 26.2 Å². The molecule has 5 nitrogen and oxygen atoms in total. The summed E-state index contributed by atoms with van der Waals surface area (Å²) in [5.74, 6) is -1.88. The molecule has 1 atom stereocenters. The smallest absolute Gasteiger partial charge is 0.225 e. The topological polar surface area (TPSA) is 68.9 Å². The fourth-order valence-electron chi connectivity index (χ4n) is 3.34. The summed E-state index contributed by atoms with van der Waals surface area (Å²) in [6.07, 6.45) is 5.69. The Kier molecular flexibility index (Phi) is 5.66. The molecule has 0 bridgehead atoms. The molecule has 0 radical (unpaired) electrons. The van der Waals surface area contributed by atoms with Crippen molar-refractivity contribution >= 4 is 5.78 Å². The molecule has 4 aromatic rings. The third kappa shape index (κ3) is 4.55. The molecule has 0 aliphatic rings. The van der Waals surface area contributed by atoms with Crippen LogP contribution < -0.4 is 0 Å². The monoisotopic (exact) mass is 419 g/mol. The van der Waals surface area contributed by atoms with Gasteiger partial charge in [0.2, 0.25) is 5.89 Å². The summed E-state index contributed by atoms with van der Waals surface area (Å²) in [5, 5.41) is 0. The zero-order valence-electron chi connectivity index (χ0n) is 17.0. The number of hydrogen-bond donors (Lipinski definition) is 0. The molecule has 0 aliphatic carbocycles. The number of aryl methyl sites for hydroxylation is 1. The van der Waals surface area contributed by atoms with Crippen molar-refractivity contribution in [1.29, 1.82) is 0 Å². The molecule has 3 aromatic heterocycles. The fourth-order valence-corrected chi connectivity index (χ4v) is 3.34. The van der Waals surface area contributed by atoms with Gasteiger partial charge >= 0.3 is 0 Å². The quantitative estimate of drug-likeness (QED) is 0.372. The van der Waals surface area contributed by atoms with Crippen LogP contribution in [0.25, 0.3) is 22.7 Å². The van der Waals surface area contributed by atoms with Crippen molar-refractivity contribution in [2.75, 3.05) is 0 Å². The Morgan fingerprint density at radius 2 is 1.84 bits per heavy atom. The van der Waals surface area contributed by atoms with E-state index in [1.807, 2.05) is 25.1 Å². The summed E-state index contributed by atoms with van der Waals surface area (Å²) in [4.78, 5) is 25.5. The first-order valence-corrected chi connectivity index (χ1v) is 9.73. The number of aromatic nitrogens is 3. The summed E-state index contributed by atoms with van der Waals surface area (Å²) in [5.41, 5.74) is 3.56. The number of hydrogen-bond acceptors (Lipinski definition) is 5. The molecule has 31 heavy (non-hydrogen) atoms. The average molecular weight is 419 g/mol. The van der Waals surface area contributed by atoms with E-state index in [4.69, 9.17) is 4.42 Å². The minimum absolute atomic E-state index is 0.00531. The van der Waals surface area contributed by atoms with Gasteiger partial charge in [-0.1, -0.05) is 13.0 Å². The molecule has 0 fully saturated rings. The highest BCUT2D eigenvalue weighted by atomic mass is 19.1. The van der Waals surface area contributed by atoms with E-state index in [-0.39, 0.29) is 17.9 Å². The van der Waals surface area contributed by atoms with Crippen LogP contribution in [0.5, 0.6) is 0 Å². The molecule has 0 saturated carbocycles. The van der Waals surface area contributed by atoms with E-state index in [1.165, 1.54) is 12.5 Å². The minimum Gasteiger partial charge on any atom is -0.445 e. The number of halogens is 2. The standard InChI is InChI=1S/C24H19F2N3O2/c1-14-3-4-21(28-12-14)16-8-17(10-18(9-16)24-27-5-6-31-24)22(30)7-15(2)23-20(26)11-19(25)13-29-23/h3-6,8-13,15H,7H2,1-2H3/t15-/m0/s1. The molecule has 0 N–H and O–H groups in total. The normalized spacial score (nSPS) is 12.0. The Balaban J connectivity index is 1.69. The van der Waals surface area contributed by atoms with Crippen molar-refractivity contribution in [3.05, 3.63) is 89.7 Å². The van der Waals surface area contributed by atoms with Gasteiger partial charge in [-0.3, -0.25) is 14.8 Å². The van der Waals surface area contributed by atoms with Crippen LogP contribution in [0.3, 0.4) is 0 Å². The molecule has 0 spiro atoms. The predicted octanol–water partition coefficient (Wildman–Crippen LogP) is 5.76. The Labute approximate surface area is 177 Å². The van der Waals surface area contributed by atoms with Crippen LogP contribution in [0.1, 0.15) is 40.9 Å². The van der Waals surface area contributed by atoms with Gasteiger partial charge in [0.05, 0.1) is 23.8 Å². The Hall–Kier alpha value is -3.74. The summed E-state index contributed by atoms with van der Waals surface area (Å²) >= 11 is 0. The van der Waals surface area contributed by atoms with Crippen LogP contribution in [0, 0.1) is 18.6 Å². The Morgan fingerprint density at radius 1 is 1.03 bits per heavy atom. The van der Waals surface area contributed by atoms with Gasteiger partial charge in [0, 0.05) is 41.3 Å². The second kappa shape index (κ2) is 8.55. The lowest BCUT2D eigenvalue weighted by Crippen LogP contribution is -2.09. The maximum absolute atomic E-state index is 14.1. The van der Waals surface area contributed by atoms with E-state index < -0.39 is 17.6 Å². The number of carbonyl (C=O) groups excluding carboxylic acids is 1. The van der Waals surface area contributed by atoms with Gasteiger partial charge in [0.1, 0.15) is 17.9 Å². The maximum atomic E-state index is 14.1. The molecule has 0 saturated heterocycles. The Bertz CT molecular complexity index is 1220. The second-order valence-corrected chi connectivity index (χ2v) is 7.41. The number of rotatable bonds is 6. The summed E-state index contributed by atoms with van der Waals surface area (Å²) in [7, 11) is 0. The van der Waals surface area contributed by atoms with Crippen LogP contribution in [0.2, 0.25) is 0 Å².